The van der Waals surface area contributed by atoms with Crippen LogP contribution in [0, 0.1) is 0 Å². The van der Waals surface area contributed by atoms with Gasteiger partial charge in [-0.3, -0.25) is 9.67 Å². The highest BCUT2D eigenvalue weighted by atomic mass is 35.5. The van der Waals surface area contributed by atoms with E-state index in [0.717, 1.165) is 34.0 Å². The summed E-state index contributed by atoms with van der Waals surface area (Å²) < 4.78 is 2.01. The van der Waals surface area contributed by atoms with Crippen molar-refractivity contribution in [2.75, 3.05) is 0 Å². The molecular formula is C20H23ClN4. The monoisotopic (exact) mass is 354 g/mol. The van der Waals surface area contributed by atoms with Gasteiger partial charge in [-0.25, -0.2) is 0 Å². The predicted molar refractivity (Wildman–Crippen MR) is 102 cm³/mol. The fourth-order valence-electron chi connectivity index (χ4n) is 2.61. The summed E-state index contributed by atoms with van der Waals surface area (Å²) in [6.45, 7) is 7.90. The summed E-state index contributed by atoms with van der Waals surface area (Å²) in [6, 6.07) is 11.9. The lowest BCUT2D eigenvalue weighted by atomic mass is 10.1. The van der Waals surface area contributed by atoms with Crippen LogP contribution in [-0.2, 0) is 18.6 Å². The number of rotatable bonds is 5. The van der Waals surface area contributed by atoms with Crippen molar-refractivity contribution in [3.8, 4) is 11.3 Å². The highest BCUT2D eigenvalue weighted by Gasteiger charge is 2.19. The number of benzene rings is 1. The summed E-state index contributed by atoms with van der Waals surface area (Å²) in [6.07, 6.45) is 5.77. The molecule has 0 amide bonds. The maximum Gasteiger partial charge on any atom is 0.0983 e. The number of halogens is 1. The Morgan fingerprint density at radius 2 is 1.88 bits per heavy atom. The molecule has 5 heteroatoms. The Bertz CT molecular complexity index is 834. The van der Waals surface area contributed by atoms with E-state index in [4.69, 9.17) is 16.7 Å². The van der Waals surface area contributed by atoms with E-state index in [1.807, 2.05) is 41.2 Å². The minimum absolute atomic E-state index is 0.0857. The van der Waals surface area contributed by atoms with Crippen LogP contribution in [-0.4, -0.2) is 14.8 Å². The second-order valence-electron chi connectivity index (χ2n) is 7.06. The molecule has 0 fully saturated rings. The van der Waals surface area contributed by atoms with Gasteiger partial charge in [0.1, 0.15) is 0 Å². The molecule has 4 nitrogen and oxygen atoms in total. The molecule has 1 N–H and O–H groups in total. The topological polar surface area (TPSA) is 42.7 Å². The lowest BCUT2D eigenvalue weighted by Crippen LogP contribution is -2.22. The molecule has 0 aliphatic heterocycles. The van der Waals surface area contributed by atoms with Crippen LogP contribution in [0.5, 0.6) is 0 Å². The first kappa shape index (κ1) is 17.6. The summed E-state index contributed by atoms with van der Waals surface area (Å²) in [5.74, 6) is 0. The van der Waals surface area contributed by atoms with Crippen LogP contribution in [0.1, 0.15) is 31.9 Å². The molecule has 0 saturated heterocycles. The van der Waals surface area contributed by atoms with Crippen molar-refractivity contribution >= 4 is 11.6 Å². The Labute approximate surface area is 153 Å². The molecule has 0 spiro atoms. The Morgan fingerprint density at radius 1 is 1.08 bits per heavy atom. The Morgan fingerprint density at radius 3 is 2.56 bits per heavy atom. The normalized spacial score (nSPS) is 11.7. The van der Waals surface area contributed by atoms with Crippen LogP contribution in [0.2, 0.25) is 5.02 Å². The number of hydrogen-bond acceptors (Lipinski definition) is 3. The van der Waals surface area contributed by atoms with Crippen molar-refractivity contribution in [1.82, 2.24) is 20.1 Å². The molecule has 3 aromatic rings. The van der Waals surface area contributed by atoms with Gasteiger partial charge in [-0.1, -0.05) is 35.9 Å². The van der Waals surface area contributed by atoms with Gasteiger partial charge >= 0.3 is 0 Å². The summed E-state index contributed by atoms with van der Waals surface area (Å²) in [4.78, 5) is 4.15. The van der Waals surface area contributed by atoms with Gasteiger partial charge in [0, 0.05) is 42.8 Å². The van der Waals surface area contributed by atoms with Gasteiger partial charge in [0.15, 0.2) is 0 Å². The third-order valence-corrected chi connectivity index (χ3v) is 4.30. The number of hydrogen-bond donors (Lipinski definition) is 1. The van der Waals surface area contributed by atoms with Crippen molar-refractivity contribution in [3.63, 3.8) is 0 Å². The zero-order chi connectivity index (χ0) is 17.9. The number of aromatic nitrogens is 3. The van der Waals surface area contributed by atoms with Gasteiger partial charge in [-0.05, 0) is 38.5 Å². The van der Waals surface area contributed by atoms with E-state index in [1.165, 1.54) is 0 Å². The molecule has 0 aliphatic rings. The molecule has 3 rings (SSSR count). The average molecular weight is 355 g/mol. The summed E-state index contributed by atoms with van der Waals surface area (Å²) in [5.41, 5.74) is 4.10. The zero-order valence-corrected chi connectivity index (χ0v) is 15.6. The van der Waals surface area contributed by atoms with E-state index in [1.54, 1.807) is 6.20 Å². The van der Waals surface area contributed by atoms with Gasteiger partial charge in [-0.15, -0.1) is 0 Å². The second kappa shape index (κ2) is 7.38. The SMILES string of the molecule is CC(C)(C)n1cc(CNCc2cccnc2)c(-c2ccccc2Cl)n1. The fraction of sp³-hybridized carbons (Fsp3) is 0.300. The summed E-state index contributed by atoms with van der Waals surface area (Å²) in [7, 11) is 0. The molecule has 0 radical (unpaired) electrons. The van der Waals surface area contributed by atoms with E-state index in [2.05, 4.69) is 43.3 Å². The molecule has 0 bridgehead atoms. The van der Waals surface area contributed by atoms with E-state index >= 15 is 0 Å². The molecule has 0 unspecified atom stereocenters. The lowest BCUT2D eigenvalue weighted by molar-refractivity contribution is 0.356. The smallest absolute Gasteiger partial charge is 0.0983 e. The molecule has 0 saturated carbocycles. The van der Waals surface area contributed by atoms with E-state index < -0.39 is 0 Å². The zero-order valence-electron chi connectivity index (χ0n) is 14.8. The molecule has 2 aromatic heterocycles. The van der Waals surface area contributed by atoms with Crippen molar-refractivity contribution in [1.29, 1.82) is 0 Å². The van der Waals surface area contributed by atoms with Gasteiger partial charge in [0.05, 0.1) is 16.3 Å². The van der Waals surface area contributed by atoms with Gasteiger partial charge < -0.3 is 5.32 Å². The van der Waals surface area contributed by atoms with Crippen LogP contribution in [0.3, 0.4) is 0 Å². The minimum atomic E-state index is -0.0857. The Balaban J connectivity index is 1.86. The maximum absolute atomic E-state index is 6.41. The molecule has 130 valence electrons. The van der Waals surface area contributed by atoms with Crippen molar-refractivity contribution in [2.24, 2.45) is 0 Å². The standard InChI is InChI=1S/C20H23ClN4/c1-20(2,3)25-14-16(13-23-12-15-7-6-10-22-11-15)19(24-25)17-8-4-5-9-18(17)21/h4-11,14,23H,12-13H2,1-3H3. The van der Waals surface area contributed by atoms with Gasteiger partial charge in [0.25, 0.3) is 0 Å². The first-order valence-electron chi connectivity index (χ1n) is 8.39. The maximum atomic E-state index is 6.41. The van der Waals surface area contributed by atoms with Gasteiger partial charge in [-0.2, -0.15) is 5.10 Å². The van der Waals surface area contributed by atoms with Crippen molar-refractivity contribution in [3.05, 3.63) is 71.1 Å². The second-order valence-corrected chi connectivity index (χ2v) is 7.47. The quantitative estimate of drug-likeness (QED) is 0.725. The lowest BCUT2D eigenvalue weighted by Gasteiger charge is -2.18. The third kappa shape index (κ3) is 4.27. The fourth-order valence-corrected chi connectivity index (χ4v) is 2.83. The number of nitrogens with zero attached hydrogens (tertiary/aromatic N) is 3. The van der Waals surface area contributed by atoms with E-state index in [-0.39, 0.29) is 5.54 Å². The molecule has 2 heterocycles. The minimum Gasteiger partial charge on any atom is -0.308 e. The van der Waals surface area contributed by atoms with Gasteiger partial charge in [0.2, 0.25) is 0 Å². The highest BCUT2D eigenvalue weighted by Crippen LogP contribution is 2.30. The summed E-state index contributed by atoms with van der Waals surface area (Å²) in [5, 5.41) is 9.01. The van der Waals surface area contributed by atoms with Crippen molar-refractivity contribution in [2.45, 2.75) is 39.4 Å². The molecule has 0 aliphatic carbocycles. The van der Waals surface area contributed by atoms with E-state index in [9.17, 15) is 0 Å². The van der Waals surface area contributed by atoms with Crippen LogP contribution < -0.4 is 5.32 Å². The Hall–Kier alpha value is -2.17. The highest BCUT2D eigenvalue weighted by molar-refractivity contribution is 6.33. The average Bonchev–Trinajstić information content (AvgIpc) is 3.01. The third-order valence-electron chi connectivity index (χ3n) is 3.97. The number of pyridine rings is 1. The molecular weight excluding hydrogens is 332 g/mol. The number of nitrogens with one attached hydrogen (secondary N) is 1. The summed E-state index contributed by atoms with van der Waals surface area (Å²) >= 11 is 6.41. The molecule has 0 atom stereocenters. The Kier molecular flexibility index (Phi) is 5.21. The van der Waals surface area contributed by atoms with Crippen LogP contribution in [0.25, 0.3) is 11.3 Å². The van der Waals surface area contributed by atoms with Crippen LogP contribution in [0.15, 0.2) is 55.0 Å². The molecule has 25 heavy (non-hydrogen) atoms. The first-order chi connectivity index (χ1) is 11.9. The first-order valence-corrected chi connectivity index (χ1v) is 8.76. The van der Waals surface area contributed by atoms with Crippen molar-refractivity contribution < 1.29 is 0 Å². The van der Waals surface area contributed by atoms with Crippen LogP contribution in [0.4, 0.5) is 0 Å². The largest absolute Gasteiger partial charge is 0.308 e. The molecule has 1 aromatic carbocycles. The predicted octanol–water partition coefficient (Wildman–Crippen LogP) is 4.64. The van der Waals surface area contributed by atoms with Crippen LogP contribution >= 0.6 is 11.6 Å². The van der Waals surface area contributed by atoms with E-state index in [0.29, 0.717) is 6.54 Å².